The molecule has 11 aromatic heterocycles. The lowest BCUT2D eigenvalue weighted by Crippen LogP contribution is -2.37. The van der Waals surface area contributed by atoms with Crippen LogP contribution in [-0.2, 0) is 40.9 Å². The monoisotopic (exact) mass is 1860 g/mol. The van der Waals surface area contributed by atoms with Crippen LogP contribution in [0.4, 0.5) is 17.8 Å². The lowest BCUT2D eigenvalue weighted by Gasteiger charge is -2.27. The Labute approximate surface area is 791 Å². The zero-order valence-corrected chi connectivity index (χ0v) is 80.3. The van der Waals surface area contributed by atoms with Gasteiger partial charge in [0.2, 0.25) is 17.8 Å². The second-order valence-corrected chi connectivity index (χ2v) is 36.7. The van der Waals surface area contributed by atoms with Crippen LogP contribution in [0.15, 0.2) is 213 Å². The highest BCUT2D eigenvalue weighted by atomic mass is 32.2. The topological polar surface area (TPSA) is 421 Å². The summed E-state index contributed by atoms with van der Waals surface area (Å²) in [6.45, 7) is 33.4. The number of pyridine rings is 4. The first-order valence-electron chi connectivity index (χ1n) is 45.6. The first kappa shape index (κ1) is 96.1. The van der Waals surface area contributed by atoms with Gasteiger partial charge < -0.3 is 75.2 Å². The third kappa shape index (κ3) is 20.2. The van der Waals surface area contributed by atoms with Crippen LogP contribution in [0.3, 0.4) is 0 Å². The second-order valence-electron chi connectivity index (χ2n) is 34.9. The minimum absolute atomic E-state index is 0.0289. The number of H-pyrrole nitrogens is 4. The van der Waals surface area contributed by atoms with Gasteiger partial charge in [0.05, 0.1) is 80.2 Å². The lowest BCUT2D eigenvalue weighted by molar-refractivity contribution is 0.0943. The van der Waals surface area contributed by atoms with Crippen molar-refractivity contribution in [3.05, 3.63) is 359 Å². The Hall–Kier alpha value is -15.5. The Morgan fingerprint density at radius 2 is 0.686 bits per heavy atom. The fourth-order valence-corrected chi connectivity index (χ4v) is 20.2. The summed E-state index contributed by atoms with van der Waals surface area (Å²) in [5.41, 5.74) is 23.9. The number of morpholine rings is 1. The molecule has 3 atom stereocenters. The molecule has 13 heterocycles. The van der Waals surface area contributed by atoms with Crippen LogP contribution >= 0.6 is 0 Å². The van der Waals surface area contributed by atoms with E-state index in [2.05, 4.69) is 125 Å². The largest absolute Gasteiger partial charge is 0.378 e. The molecule has 33 heteroatoms. The molecule has 0 radical (unpaired) electrons. The Bertz CT molecular complexity index is 7660. The van der Waals surface area contributed by atoms with Crippen molar-refractivity contribution in [2.24, 2.45) is 0 Å². The van der Waals surface area contributed by atoms with E-state index in [9.17, 15) is 46.8 Å². The van der Waals surface area contributed by atoms with E-state index in [1.807, 2.05) is 165 Å². The van der Waals surface area contributed by atoms with Crippen LogP contribution in [0.5, 0.6) is 0 Å². The van der Waals surface area contributed by atoms with E-state index < -0.39 is 15.9 Å². The van der Waals surface area contributed by atoms with Crippen LogP contribution in [0.1, 0.15) is 200 Å². The minimum Gasteiger partial charge on any atom is -0.378 e. The van der Waals surface area contributed by atoms with Gasteiger partial charge in [0.15, 0.2) is 0 Å². The van der Waals surface area contributed by atoms with Gasteiger partial charge in [-0.15, -0.1) is 0 Å². The van der Waals surface area contributed by atoms with Crippen molar-refractivity contribution in [2.45, 2.75) is 166 Å². The molecule has 0 spiro atoms. The number of nitrogens with two attached hydrogens (primary N) is 1. The van der Waals surface area contributed by atoms with Crippen molar-refractivity contribution < 1.29 is 32.3 Å². The van der Waals surface area contributed by atoms with Crippen LogP contribution < -0.4 is 59.0 Å². The van der Waals surface area contributed by atoms with Crippen LogP contribution in [0.25, 0.3) is 44.0 Å². The fourth-order valence-electron chi connectivity index (χ4n) is 18.6. The Morgan fingerprint density at radius 1 is 0.387 bits per heavy atom. The van der Waals surface area contributed by atoms with Crippen molar-refractivity contribution in [2.75, 3.05) is 54.9 Å². The van der Waals surface area contributed by atoms with E-state index in [1.165, 1.54) is 16.1 Å². The maximum atomic E-state index is 13.6. The molecule has 0 saturated carbocycles. The molecular formula is C104H113N21O11S. The fraction of sp³-hybridized carbons (Fsp3) is 0.288. The third-order valence-corrected chi connectivity index (χ3v) is 27.4. The van der Waals surface area contributed by atoms with Gasteiger partial charge in [-0.2, -0.15) is 15.0 Å². The minimum atomic E-state index is -3.91. The molecule has 0 unspecified atom stereocenters. The van der Waals surface area contributed by atoms with Gasteiger partial charge in [-0.1, -0.05) is 127 Å². The van der Waals surface area contributed by atoms with E-state index in [1.54, 1.807) is 74.9 Å². The second kappa shape index (κ2) is 41.1. The van der Waals surface area contributed by atoms with Crippen molar-refractivity contribution >= 4 is 95.5 Å². The molecule has 2 aliphatic heterocycles. The number of amides is 4. The number of anilines is 3. The molecule has 706 valence electrons. The average molecular weight is 1870 g/mol. The molecule has 18 rings (SSSR count). The molecule has 32 nitrogen and oxygen atoms in total. The highest BCUT2D eigenvalue weighted by molar-refractivity contribution is 7.90. The molecule has 2 aliphatic rings. The van der Waals surface area contributed by atoms with Gasteiger partial charge in [0.1, 0.15) is 16.9 Å². The Morgan fingerprint density at radius 3 is 1.03 bits per heavy atom. The van der Waals surface area contributed by atoms with Gasteiger partial charge in [-0.05, 0) is 198 Å². The average Bonchev–Trinajstić information content (AvgIpc) is 1.62. The number of aryl methyl sites for hydroxylation is 8. The maximum Gasteiger partial charge on any atom is 0.268 e. The summed E-state index contributed by atoms with van der Waals surface area (Å²) in [4.78, 5) is 147. The molecule has 2 fully saturated rings. The van der Waals surface area contributed by atoms with E-state index in [0.717, 1.165) is 123 Å². The summed E-state index contributed by atoms with van der Waals surface area (Å²) in [5, 5.41) is 14.2. The summed E-state index contributed by atoms with van der Waals surface area (Å²) in [6, 6.07) is 52.7. The summed E-state index contributed by atoms with van der Waals surface area (Å²) < 4.78 is 39.7. The van der Waals surface area contributed by atoms with Crippen LogP contribution in [-0.4, -0.2) is 139 Å². The Balaban J connectivity index is 0.000000139. The molecule has 0 bridgehead atoms. The molecule has 5 aromatic carbocycles. The molecular weight excluding hydrogens is 1750 g/mol. The molecule has 2 saturated heterocycles. The number of hydrogen-bond acceptors (Lipinski definition) is 20. The number of carbonyl (C=O) groups excluding carboxylic acids is 4. The molecule has 137 heavy (non-hydrogen) atoms. The summed E-state index contributed by atoms with van der Waals surface area (Å²) in [7, 11) is -3.91. The van der Waals surface area contributed by atoms with Gasteiger partial charge >= 0.3 is 0 Å². The lowest BCUT2D eigenvalue weighted by atomic mass is 10.1. The molecule has 16 aromatic rings. The predicted molar refractivity (Wildman–Crippen MR) is 533 cm³/mol. The number of nitrogen functional groups attached to an aromatic ring is 1. The summed E-state index contributed by atoms with van der Waals surface area (Å²) in [5.74, 6) is 0.234. The van der Waals surface area contributed by atoms with Gasteiger partial charge in [-0.3, -0.25) is 38.4 Å². The zero-order valence-electron chi connectivity index (χ0n) is 79.5. The number of nitrogens with one attached hydrogen (secondary N) is 8. The number of aromatic nitrogens is 14. The first-order valence-corrected chi connectivity index (χ1v) is 47.0. The van der Waals surface area contributed by atoms with Gasteiger partial charge in [0.25, 0.3) is 55.9 Å². The zero-order chi connectivity index (χ0) is 97.5. The molecule has 0 aliphatic carbocycles. The number of nitrogens with zero attached hydrogens (tertiary/aromatic N) is 12. The highest BCUT2D eigenvalue weighted by Gasteiger charge is 2.33. The van der Waals surface area contributed by atoms with Crippen LogP contribution in [0, 0.1) is 83.1 Å². The number of fused-ring (bicyclic) bond motifs is 4. The summed E-state index contributed by atoms with van der Waals surface area (Å²) in [6.07, 6.45) is 7.36. The van der Waals surface area contributed by atoms with E-state index in [0.29, 0.717) is 108 Å². The van der Waals surface area contributed by atoms with Gasteiger partial charge in [0, 0.05) is 144 Å². The normalized spacial score (nSPS) is 13.3. The van der Waals surface area contributed by atoms with Gasteiger partial charge in [-0.25, -0.2) is 27.3 Å². The SMILES string of the molecule is Cc1cc(C)c(CNC(=O)c2c(C)n(S(=O)(=O)c3ccccc3)c3ccccc23)c(=O)[nH]1.Cc1cc(C)c(CNC(=O)c2c(C)n([C@H](C)c3ccccc3)c3nc(N)ncc23)c(=O)[nH]1.Cc1cc(C)c(CNC(=O)c2c(C)n([C@H](C)c3ccccc3)c3nc(N4CCCC4)ncc23)c(=O)[nH]1.Cc1cc(C)c(CNC(=O)c2c(C)n([C@H](C)c3ccccc3)c3nc(N4CCOCC4)ncc23)c(=O)[nH]1. The maximum absolute atomic E-state index is 13.6. The number of carbonyl (C=O) groups is 4. The van der Waals surface area contributed by atoms with E-state index in [-0.39, 0.29) is 101 Å². The van der Waals surface area contributed by atoms with Crippen molar-refractivity contribution in [3.8, 4) is 0 Å². The van der Waals surface area contributed by atoms with Crippen molar-refractivity contribution in [1.82, 2.24) is 88.8 Å². The van der Waals surface area contributed by atoms with Crippen LogP contribution in [0.2, 0.25) is 0 Å². The predicted octanol–water partition coefficient (Wildman–Crippen LogP) is 14.2. The number of para-hydroxylation sites is 1. The van der Waals surface area contributed by atoms with E-state index in [4.69, 9.17) is 20.4 Å². The standard InChI is InChI=1S/C28H32N6O3.C28H32N6O2.C24H26N6O2.C24H23N3O4S/c1-17-14-18(2)31-26(35)22(17)15-29-27(36)24-20(4)34(19(3)21-8-6-5-7-9-21)25-23(24)16-30-28(32-25)33-10-12-37-13-11-33;1-17-14-18(2)31-26(35)22(17)15-29-27(36)24-20(4)34(19(3)21-10-6-5-7-11-21)25-23(24)16-30-28(32-25)33-12-8-9-13-33;1-13-10-14(2)28-22(31)18(13)11-26-23(32)20-16(4)30(15(3)17-8-6-5-7-9-17)21-19(20)12-27-24(25)29-21;1-15-13-16(2)26-23(28)20(15)14-25-24(29)22-17(3)27(21-12-8-7-11-19(21)22)32(30,31)18-9-5-4-6-10-18/h5-9,14,16,19H,10-13,15H2,1-4H3,(H,29,36)(H,31,35);5-7,10-11,14,16,19H,8-9,12-13,15H2,1-4H3,(H,29,36)(H,31,35);5-10,12,15H,11H2,1-4H3,(H,26,32)(H,28,31)(H2,25,27,29);4-13H,14H2,1-3H3,(H,25,29)(H,26,28)/t2*19-;15-;/m111./s1. The summed E-state index contributed by atoms with van der Waals surface area (Å²) >= 11 is 0. The Kier molecular flexibility index (Phi) is 28.9. The number of hydrogen-bond donors (Lipinski definition) is 9. The van der Waals surface area contributed by atoms with E-state index >= 15 is 0 Å². The van der Waals surface area contributed by atoms with Crippen molar-refractivity contribution in [3.63, 3.8) is 0 Å². The smallest absolute Gasteiger partial charge is 0.268 e. The number of aromatic amines is 4. The molecule has 4 amide bonds. The highest BCUT2D eigenvalue weighted by Crippen LogP contribution is 2.37. The van der Waals surface area contributed by atoms with Crippen molar-refractivity contribution in [1.29, 1.82) is 0 Å². The molecule has 10 N–H and O–H groups in total. The number of benzene rings is 5. The number of rotatable bonds is 22. The first-order chi connectivity index (χ1) is 65.7. The number of ether oxygens (including phenoxy) is 1. The third-order valence-electron chi connectivity index (χ3n) is 25.6. The quantitative estimate of drug-likeness (QED) is 0.0304.